The quantitative estimate of drug-likeness (QED) is 0.882. The summed E-state index contributed by atoms with van der Waals surface area (Å²) in [5.41, 5.74) is 0.198. The number of aromatic carboxylic acids is 1. The molecule has 1 saturated heterocycles. The number of hydrogen-bond donors (Lipinski definition) is 1. The van der Waals surface area contributed by atoms with E-state index < -0.39 is 5.97 Å². The van der Waals surface area contributed by atoms with Crippen LogP contribution in [-0.4, -0.2) is 52.7 Å². The van der Waals surface area contributed by atoms with Crippen molar-refractivity contribution in [3.8, 4) is 0 Å². The van der Waals surface area contributed by atoms with Gasteiger partial charge in [-0.1, -0.05) is 0 Å². The molecule has 102 valence electrons. The van der Waals surface area contributed by atoms with Gasteiger partial charge < -0.3 is 14.7 Å². The lowest BCUT2D eigenvalue weighted by molar-refractivity contribution is 0.0574. The first-order valence-electron chi connectivity index (χ1n) is 6.09. The van der Waals surface area contributed by atoms with Crippen LogP contribution < -0.4 is 0 Å². The molecular weight excluding hydrogens is 248 g/mol. The highest BCUT2D eigenvalue weighted by atomic mass is 16.5. The van der Waals surface area contributed by atoms with Gasteiger partial charge in [-0.05, 0) is 25.5 Å². The zero-order valence-corrected chi connectivity index (χ0v) is 10.9. The number of hydrogen-bond acceptors (Lipinski definition) is 4. The molecule has 0 saturated carbocycles. The molecule has 1 aliphatic rings. The van der Waals surface area contributed by atoms with Gasteiger partial charge in [0.1, 0.15) is 5.69 Å². The molecule has 2 rings (SSSR count). The summed E-state index contributed by atoms with van der Waals surface area (Å²) >= 11 is 0. The molecule has 6 heteroatoms. The highest BCUT2D eigenvalue weighted by molar-refractivity contribution is 5.96. The molecule has 0 aliphatic carbocycles. The third-order valence-electron chi connectivity index (χ3n) is 3.38. The lowest BCUT2D eigenvalue weighted by atomic mass is 10.1. The maximum Gasteiger partial charge on any atom is 0.354 e. The molecule has 1 N–H and O–H groups in total. The van der Waals surface area contributed by atoms with Crippen molar-refractivity contribution in [2.45, 2.75) is 25.5 Å². The molecule has 1 aliphatic heterocycles. The number of nitrogens with zero attached hydrogens (tertiary/aromatic N) is 2. The number of carboxylic acid groups (broad SMARTS) is 1. The zero-order chi connectivity index (χ0) is 14.0. The topological polar surface area (TPSA) is 79.7 Å². The molecule has 19 heavy (non-hydrogen) atoms. The van der Waals surface area contributed by atoms with E-state index in [4.69, 9.17) is 9.84 Å². The van der Waals surface area contributed by atoms with Crippen LogP contribution in [0.4, 0.5) is 0 Å². The number of pyridine rings is 1. The second kappa shape index (κ2) is 5.36. The summed E-state index contributed by atoms with van der Waals surface area (Å²) in [6, 6.07) is 2.84. The van der Waals surface area contributed by atoms with E-state index in [1.165, 1.54) is 18.3 Å². The molecule has 2 heterocycles. The van der Waals surface area contributed by atoms with Crippen molar-refractivity contribution in [3.63, 3.8) is 0 Å². The van der Waals surface area contributed by atoms with Crippen molar-refractivity contribution in [2.24, 2.45) is 0 Å². The van der Waals surface area contributed by atoms with E-state index >= 15 is 0 Å². The van der Waals surface area contributed by atoms with E-state index in [0.717, 1.165) is 6.42 Å². The van der Waals surface area contributed by atoms with Crippen molar-refractivity contribution in [3.05, 3.63) is 29.6 Å². The highest BCUT2D eigenvalue weighted by Crippen LogP contribution is 2.20. The van der Waals surface area contributed by atoms with Crippen LogP contribution in [0, 0.1) is 0 Å². The van der Waals surface area contributed by atoms with Crippen LogP contribution in [0.15, 0.2) is 18.3 Å². The van der Waals surface area contributed by atoms with E-state index in [2.05, 4.69) is 4.98 Å². The summed E-state index contributed by atoms with van der Waals surface area (Å²) < 4.78 is 5.43. The van der Waals surface area contributed by atoms with E-state index in [-0.39, 0.29) is 23.7 Å². The monoisotopic (exact) mass is 264 g/mol. The summed E-state index contributed by atoms with van der Waals surface area (Å²) in [7, 11) is 1.71. The third kappa shape index (κ3) is 2.73. The van der Waals surface area contributed by atoms with Gasteiger partial charge in [-0.3, -0.25) is 4.79 Å². The number of likely N-dealkylation sites (N-methyl/N-ethyl adjacent to an activating group) is 1. The molecular formula is C13H16N2O4. The second-order valence-corrected chi connectivity index (χ2v) is 4.58. The minimum atomic E-state index is -1.14. The van der Waals surface area contributed by atoms with Crippen molar-refractivity contribution in [1.82, 2.24) is 9.88 Å². The minimum Gasteiger partial charge on any atom is -0.477 e. The van der Waals surface area contributed by atoms with Gasteiger partial charge in [0.15, 0.2) is 0 Å². The minimum absolute atomic E-state index is 0.00488. The molecule has 1 aromatic heterocycles. The van der Waals surface area contributed by atoms with E-state index in [1.54, 1.807) is 11.9 Å². The molecule has 1 amide bonds. The fraction of sp³-hybridized carbons (Fsp3) is 0.462. The van der Waals surface area contributed by atoms with Crippen molar-refractivity contribution >= 4 is 11.9 Å². The zero-order valence-electron chi connectivity index (χ0n) is 10.9. The van der Waals surface area contributed by atoms with Gasteiger partial charge >= 0.3 is 5.97 Å². The van der Waals surface area contributed by atoms with Crippen LogP contribution in [-0.2, 0) is 4.74 Å². The Labute approximate surface area is 111 Å². The first-order valence-corrected chi connectivity index (χ1v) is 6.09. The fourth-order valence-corrected chi connectivity index (χ4v) is 2.26. The average Bonchev–Trinajstić information content (AvgIpc) is 2.83. The van der Waals surface area contributed by atoms with Crippen LogP contribution >= 0.6 is 0 Å². The van der Waals surface area contributed by atoms with Crippen LogP contribution in [0.5, 0.6) is 0 Å². The lowest BCUT2D eigenvalue weighted by Crippen LogP contribution is -2.41. The van der Waals surface area contributed by atoms with E-state index in [0.29, 0.717) is 12.2 Å². The molecule has 1 aromatic rings. The maximum absolute atomic E-state index is 12.3. The van der Waals surface area contributed by atoms with Crippen LogP contribution in [0.1, 0.15) is 34.2 Å². The summed E-state index contributed by atoms with van der Waals surface area (Å²) in [4.78, 5) is 28.5. The molecule has 0 bridgehead atoms. The predicted molar refractivity (Wildman–Crippen MR) is 67.1 cm³/mol. The number of carboxylic acids is 1. The summed E-state index contributed by atoms with van der Waals surface area (Å²) in [5, 5.41) is 8.88. The maximum atomic E-state index is 12.3. The van der Waals surface area contributed by atoms with Crippen molar-refractivity contribution < 1.29 is 19.4 Å². The largest absolute Gasteiger partial charge is 0.477 e. The van der Waals surface area contributed by atoms with Crippen molar-refractivity contribution in [2.75, 3.05) is 13.7 Å². The van der Waals surface area contributed by atoms with E-state index in [1.807, 2.05) is 6.92 Å². The smallest absolute Gasteiger partial charge is 0.354 e. The number of carbonyl (C=O) groups excluding carboxylic acids is 1. The van der Waals surface area contributed by atoms with Gasteiger partial charge in [0, 0.05) is 25.4 Å². The van der Waals surface area contributed by atoms with Gasteiger partial charge in [-0.25, -0.2) is 9.78 Å². The normalized spacial score (nSPS) is 22.2. The number of aromatic nitrogens is 1. The first-order chi connectivity index (χ1) is 9.00. The summed E-state index contributed by atoms with van der Waals surface area (Å²) in [6.07, 6.45) is 2.12. The number of carbonyl (C=O) groups is 2. The predicted octanol–water partition coefficient (Wildman–Crippen LogP) is 1.03. The Balaban J connectivity index is 2.19. The standard InChI is InChI=1S/C13H16N2O4/c1-8-11(4-6-19-8)15(2)12(16)9-3-5-14-10(7-9)13(17)18/h3,5,7-8,11H,4,6H2,1-2H3,(H,17,18). The number of rotatable bonds is 3. The SMILES string of the molecule is CC1OCCC1N(C)C(=O)c1ccnc(C(=O)O)c1. The Bertz CT molecular complexity index is 503. The second-order valence-electron chi connectivity index (χ2n) is 4.58. The highest BCUT2D eigenvalue weighted by Gasteiger charge is 2.31. The molecule has 0 radical (unpaired) electrons. The molecule has 2 atom stereocenters. The summed E-state index contributed by atoms with van der Waals surface area (Å²) in [6.45, 7) is 2.57. The number of ether oxygens (including phenoxy) is 1. The first kappa shape index (κ1) is 13.5. The molecule has 0 aromatic carbocycles. The van der Waals surface area contributed by atoms with Gasteiger partial charge in [0.05, 0.1) is 12.1 Å². The van der Waals surface area contributed by atoms with Crippen LogP contribution in [0.2, 0.25) is 0 Å². The van der Waals surface area contributed by atoms with Gasteiger partial charge in [0.25, 0.3) is 5.91 Å². The Hall–Kier alpha value is -1.95. The van der Waals surface area contributed by atoms with Crippen molar-refractivity contribution in [1.29, 1.82) is 0 Å². The van der Waals surface area contributed by atoms with Crippen LogP contribution in [0.3, 0.4) is 0 Å². The number of amides is 1. The Morgan fingerprint density at radius 3 is 2.84 bits per heavy atom. The fourth-order valence-electron chi connectivity index (χ4n) is 2.26. The third-order valence-corrected chi connectivity index (χ3v) is 3.38. The van der Waals surface area contributed by atoms with Gasteiger partial charge in [-0.2, -0.15) is 0 Å². The molecule has 0 spiro atoms. The Kier molecular flexibility index (Phi) is 3.80. The summed E-state index contributed by atoms with van der Waals surface area (Å²) in [5.74, 6) is -1.36. The Morgan fingerprint density at radius 2 is 2.26 bits per heavy atom. The molecule has 1 fully saturated rings. The van der Waals surface area contributed by atoms with Gasteiger partial charge in [-0.15, -0.1) is 0 Å². The Morgan fingerprint density at radius 1 is 1.53 bits per heavy atom. The molecule has 2 unspecified atom stereocenters. The average molecular weight is 264 g/mol. The molecule has 6 nitrogen and oxygen atoms in total. The van der Waals surface area contributed by atoms with Gasteiger partial charge in [0.2, 0.25) is 0 Å². The van der Waals surface area contributed by atoms with E-state index in [9.17, 15) is 9.59 Å². The lowest BCUT2D eigenvalue weighted by Gasteiger charge is -2.26. The van der Waals surface area contributed by atoms with Crippen LogP contribution in [0.25, 0.3) is 0 Å².